The number of nitrogens with one attached hydrogen (secondary N) is 1. The van der Waals surface area contributed by atoms with E-state index in [4.69, 9.17) is 10.5 Å². The highest BCUT2D eigenvalue weighted by Crippen LogP contribution is 2.39. The van der Waals surface area contributed by atoms with Crippen LogP contribution in [0.5, 0.6) is 5.75 Å². The summed E-state index contributed by atoms with van der Waals surface area (Å²) < 4.78 is 5.30. The van der Waals surface area contributed by atoms with Crippen LogP contribution in [0.2, 0.25) is 0 Å². The first-order valence-electron chi connectivity index (χ1n) is 9.09. The Balaban J connectivity index is 1.44. The van der Waals surface area contributed by atoms with Crippen molar-refractivity contribution in [2.24, 2.45) is 5.73 Å². The van der Waals surface area contributed by atoms with E-state index in [2.05, 4.69) is 23.5 Å². The van der Waals surface area contributed by atoms with E-state index in [1.54, 1.807) is 23.5 Å². The van der Waals surface area contributed by atoms with Crippen LogP contribution >= 0.6 is 11.3 Å². The first-order chi connectivity index (χ1) is 13.6. The fraction of sp³-hybridized carbons (Fsp3) is 0.182. The van der Waals surface area contributed by atoms with Gasteiger partial charge >= 0.3 is 0 Å². The molecule has 3 N–H and O–H groups in total. The summed E-state index contributed by atoms with van der Waals surface area (Å²) in [5.74, 6) is -0.0592. The van der Waals surface area contributed by atoms with E-state index in [0.29, 0.717) is 12.3 Å². The van der Waals surface area contributed by atoms with Crippen molar-refractivity contribution in [1.29, 1.82) is 0 Å². The molecule has 0 fully saturated rings. The van der Waals surface area contributed by atoms with Crippen LogP contribution < -0.4 is 15.8 Å². The van der Waals surface area contributed by atoms with Crippen LogP contribution in [-0.4, -0.2) is 18.4 Å². The van der Waals surface area contributed by atoms with Gasteiger partial charge in [0, 0.05) is 11.4 Å². The molecular formula is C22H20N2O3S. The van der Waals surface area contributed by atoms with Gasteiger partial charge in [-0.2, -0.15) is 0 Å². The average Bonchev–Trinajstić information content (AvgIpc) is 3.16. The molecule has 0 saturated heterocycles. The quantitative estimate of drug-likeness (QED) is 0.675. The lowest BCUT2D eigenvalue weighted by atomic mass is 9.91. The van der Waals surface area contributed by atoms with Crippen molar-refractivity contribution in [3.05, 3.63) is 76.2 Å². The minimum absolute atomic E-state index is 0.0830. The summed E-state index contributed by atoms with van der Waals surface area (Å²) in [7, 11) is 0. The number of ether oxygens (including phenoxy) is 1. The maximum atomic E-state index is 12.7. The highest BCUT2D eigenvalue weighted by atomic mass is 32.1. The Morgan fingerprint density at radius 2 is 1.86 bits per heavy atom. The molecule has 5 nitrogen and oxygen atoms in total. The molecule has 142 valence electrons. The minimum Gasteiger partial charge on any atom is -0.484 e. The fourth-order valence-electron chi connectivity index (χ4n) is 3.35. The maximum absolute atomic E-state index is 12.7. The molecule has 0 spiro atoms. The van der Waals surface area contributed by atoms with E-state index >= 15 is 0 Å². The van der Waals surface area contributed by atoms with Crippen LogP contribution in [0.15, 0.2) is 54.6 Å². The second-order valence-electron chi connectivity index (χ2n) is 6.71. The smallest absolute Gasteiger partial charge is 0.261 e. The van der Waals surface area contributed by atoms with Gasteiger partial charge in [-0.05, 0) is 53.3 Å². The van der Waals surface area contributed by atoms with Gasteiger partial charge in [0.25, 0.3) is 11.8 Å². The van der Waals surface area contributed by atoms with Gasteiger partial charge in [0.2, 0.25) is 0 Å². The van der Waals surface area contributed by atoms with E-state index in [-0.39, 0.29) is 12.5 Å². The number of carbonyl (C=O) groups is 2. The second-order valence-corrected chi connectivity index (χ2v) is 7.76. The standard InChI is InChI=1S/C22H20N2O3S/c23-20(25)13-27-17-6-3-4-14(10-17)12-24-22(26)19-11-16-9-8-15-5-1-2-7-18(15)21(16)28-19/h1-7,10-11H,8-9,12-13H2,(H2,23,25)(H,24,26). The zero-order chi connectivity index (χ0) is 19.5. The average molecular weight is 392 g/mol. The first-order valence-corrected chi connectivity index (χ1v) is 9.91. The maximum Gasteiger partial charge on any atom is 0.261 e. The van der Waals surface area contributed by atoms with Gasteiger partial charge in [0.05, 0.1) is 4.88 Å². The van der Waals surface area contributed by atoms with E-state index in [0.717, 1.165) is 23.3 Å². The Labute approximate surface area is 167 Å². The summed E-state index contributed by atoms with van der Waals surface area (Å²) in [4.78, 5) is 25.4. The molecular weight excluding hydrogens is 372 g/mol. The van der Waals surface area contributed by atoms with Crippen molar-refractivity contribution in [2.45, 2.75) is 19.4 Å². The number of hydrogen-bond donors (Lipinski definition) is 2. The number of thiophene rings is 1. The second kappa shape index (κ2) is 7.86. The molecule has 0 radical (unpaired) electrons. The van der Waals surface area contributed by atoms with Gasteiger partial charge in [-0.25, -0.2) is 0 Å². The Kier molecular flexibility index (Phi) is 5.12. The Bertz CT molecular complexity index is 1040. The number of rotatable bonds is 6. The lowest BCUT2D eigenvalue weighted by molar-refractivity contribution is -0.119. The van der Waals surface area contributed by atoms with Crippen LogP contribution in [0.3, 0.4) is 0 Å². The summed E-state index contributed by atoms with van der Waals surface area (Å²) in [6.45, 7) is 0.212. The summed E-state index contributed by atoms with van der Waals surface area (Å²) in [6.07, 6.45) is 1.98. The number of aryl methyl sites for hydroxylation is 2. The number of carbonyl (C=O) groups excluding carboxylic acids is 2. The highest BCUT2D eigenvalue weighted by Gasteiger charge is 2.21. The first kappa shape index (κ1) is 18.3. The third-order valence-corrected chi connectivity index (χ3v) is 5.90. The van der Waals surface area contributed by atoms with Crippen LogP contribution in [0.25, 0.3) is 10.4 Å². The number of benzene rings is 2. The SMILES string of the molecule is NC(=O)COc1cccc(CNC(=O)c2cc3c(s2)-c2ccccc2CC3)c1. The molecule has 1 aromatic heterocycles. The molecule has 0 atom stereocenters. The third kappa shape index (κ3) is 3.92. The van der Waals surface area contributed by atoms with E-state index < -0.39 is 5.91 Å². The number of fused-ring (bicyclic) bond motifs is 3. The molecule has 6 heteroatoms. The molecule has 0 bridgehead atoms. The van der Waals surface area contributed by atoms with Crippen molar-refractivity contribution in [3.8, 4) is 16.2 Å². The summed E-state index contributed by atoms with van der Waals surface area (Å²) >= 11 is 1.55. The molecule has 1 aliphatic rings. The van der Waals surface area contributed by atoms with Crippen molar-refractivity contribution < 1.29 is 14.3 Å². The van der Waals surface area contributed by atoms with E-state index in [1.165, 1.54) is 21.6 Å². The van der Waals surface area contributed by atoms with Gasteiger partial charge in [-0.1, -0.05) is 36.4 Å². The highest BCUT2D eigenvalue weighted by molar-refractivity contribution is 7.17. The lowest BCUT2D eigenvalue weighted by Gasteiger charge is -2.15. The molecule has 1 aliphatic carbocycles. The number of hydrogen-bond acceptors (Lipinski definition) is 4. The zero-order valence-electron chi connectivity index (χ0n) is 15.2. The van der Waals surface area contributed by atoms with Gasteiger partial charge in [-0.15, -0.1) is 11.3 Å². The summed E-state index contributed by atoms with van der Waals surface area (Å²) in [5, 5.41) is 2.96. The third-order valence-electron chi connectivity index (χ3n) is 4.69. The molecule has 3 aromatic rings. The fourth-order valence-corrected chi connectivity index (χ4v) is 4.54. The summed E-state index contributed by atoms with van der Waals surface area (Å²) in [5.41, 5.74) is 9.82. The molecule has 28 heavy (non-hydrogen) atoms. The lowest BCUT2D eigenvalue weighted by Crippen LogP contribution is -2.22. The van der Waals surface area contributed by atoms with Crippen molar-refractivity contribution in [1.82, 2.24) is 5.32 Å². The molecule has 2 aromatic carbocycles. The number of nitrogens with two attached hydrogens (primary N) is 1. The van der Waals surface area contributed by atoms with Gasteiger partial charge in [-0.3, -0.25) is 9.59 Å². The summed E-state index contributed by atoms with van der Waals surface area (Å²) in [6, 6.07) is 17.7. The largest absolute Gasteiger partial charge is 0.484 e. The molecule has 0 aliphatic heterocycles. The van der Waals surface area contributed by atoms with Crippen molar-refractivity contribution in [2.75, 3.05) is 6.61 Å². The molecule has 4 rings (SSSR count). The predicted molar refractivity (Wildman–Crippen MR) is 109 cm³/mol. The Morgan fingerprint density at radius 3 is 2.71 bits per heavy atom. The topological polar surface area (TPSA) is 81.4 Å². The predicted octanol–water partition coefficient (Wildman–Crippen LogP) is 3.31. The normalized spacial score (nSPS) is 12.0. The van der Waals surface area contributed by atoms with Gasteiger partial charge in [0.1, 0.15) is 5.75 Å². The van der Waals surface area contributed by atoms with Crippen LogP contribution in [0, 0.1) is 0 Å². The molecule has 2 amide bonds. The number of primary amides is 1. The molecule has 1 heterocycles. The van der Waals surface area contributed by atoms with Crippen molar-refractivity contribution in [3.63, 3.8) is 0 Å². The molecule has 0 unspecified atom stereocenters. The van der Waals surface area contributed by atoms with E-state index in [9.17, 15) is 9.59 Å². The van der Waals surface area contributed by atoms with Crippen LogP contribution in [0.1, 0.15) is 26.4 Å². The molecule has 0 saturated carbocycles. The Hall–Kier alpha value is -3.12. The van der Waals surface area contributed by atoms with Gasteiger partial charge in [0.15, 0.2) is 6.61 Å². The number of amides is 2. The van der Waals surface area contributed by atoms with E-state index in [1.807, 2.05) is 24.3 Å². The van der Waals surface area contributed by atoms with Gasteiger partial charge < -0.3 is 15.8 Å². The minimum atomic E-state index is -0.526. The Morgan fingerprint density at radius 1 is 1.04 bits per heavy atom. The van der Waals surface area contributed by atoms with Crippen LogP contribution in [-0.2, 0) is 24.2 Å². The van der Waals surface area contributed by atoms with Crippen LogP contribution in [0.4, 0.5) is 0 Å². The van der Waals surface area contributed by atoms with Crippen molar-refractivity contribution >= 4 is 23.2 Å². The zero-order valence-corrected chi connectivity index (χ0v) is 16.1. The monoisotopic (exact) mass is 392 g/mol.